The van der Waals surface area contributed by atoms with Crippen LogP contribution in [0.3, 0.4) is 0 Å². The minimum absolute atomic E-state index is 0.00493. The van der Waals surface area contributed by atoms with Gasteiger partial charge in [-0.3, -0.25) is 0 Å². The summed E-state index contributed by atoms with van der Waals surface area (Å²) in [6, 6.07) is 7.17. The number of nitrogens with one attached hydrogen (secondary N) is 1. The summed E-state index contributed by atoms with van der Waals surface area (Å²) in [7, 11) is 3.15. The summed E-state index contributed by atoms with van der Waals surface area (Å²) in [5.41, 5.74) is 0.0529. The minimum atomic E-state index is -0.773. The van der Waals surface area contributed by atoms with Crippen LogP contribution in [0, 0.1) is 5.92 Å². The standard InChI is InChI=1S/C15H21NO4/c1-16-15(12-5-6-12,14(18)19-2)10-20-13-7-3-11(9-17)4-8-13/h3-4,7-8,12,16-17H,5-6,9-10H2,1-2H3. The monoisotopic (exact) mass is 279 g/mol. The number of carbonyl (C=O) groups is 1. The number of aliphatic hydroxyl groups is 1. The number of esters is 1. The summed E-state index contributed by atoms with van der Waals surface area (Å²) in [6.45, 7) is 0.240. The molecule has 1 saturated carbocycles. The molecule has 1 aromatic carbocycles. The molecule has 2 N–H and O–H groups in total. The van der Waals surface area contributed by atoms with Crippen molar-refractivity contribution in [2.45, 2.75) is 25.0 Å². The molecule has 0 heterocycles. The van der Waals surface area contributed by atoms with Crippen molar-refractivity contribution >= 4 is 5.97 Å². The molecule has 0 spiro atoms. The molecule has 5 nitrogen and oxygen atoms in total. The van der Waals surface area contributed by atoms with Gasteiger partial charge in [0.05, 0.1) is 13.7 Å². The van der Waals surface area contributed by atoms with E-state index in [2.05, 4.69) is 5.32 Å². The van der Waals surface area contributed by atoms with Gasteiger partial charge in [0.15, 0.2) is 5.54 Å². The van der Waals surface area contributed by atoms with Gasteiger partial charge < -0.3 is 19.9 Å². The zero-order valence-corrected chi connectivity index (χ0v) is 11.9. The Morgan fingerprint density at radius 3 is 2.50 bits per heavy atom. The highest BCUT2D eigenvalue weighted by molar-refractivity contribution is 5.82. The van der Waals surface area contributed by atoms with Crippen LogP contribution in [-0.4, -0.2) is 37.4 Å². The molecule has 20 heavy (non-hydrogen) atoms. The number of likely N-dealkylation sites (N-methyl/N-ethyl adjacent to an activating group) is 1. The first-order valence-corrected chi connectivity index (χ1v) is 6.76. The van der Waals surface area contributed by atoms with Gasteiger partial charge in [-0.1, -0.05) is 12.1 Å². The molecule has 110 valence electrons. The Bertz CT molecular complexity index is 455. The molecule has 0 aliphatic heterocycles. The Morgan fingerprint density at radius 1 is 1.40 bits per heavy atom. The van der Waals surface area contributed by atoms with Crippen molar-refractivity contribution in [1.29, 1.82) is 0 Å². The van der Waals surface area contributed by atoms with Crippen LogP contribution < -0.4 is 10.1 Å². The molecule has 0 bridgehead atoms. The number of carbonyl (C=O) groups excluding carboxylic acids is 1. The first kappa shape index (κ1) is 14.8. The molecule has 0 saturated heterocycles. The van der Waals surface area contributed by atoms with Crippen LogP contribution in [0.1, 0.15) is 18.4 Å². The SMILES string of the molecule is CNC(COc1ccc(CO)cc1)(C(=O)OC)C1CC1. The summed E-state index contributed by atoms with van der Waals surface area (Å²) in [5.74, 6) is 0.650. The third-order valence-electron chi connectivity index (χ3n) is 3.84. The first-order chi connectivity index (χ1) is 9.66. The zero-order valence-electron chi connectivity index (χ0n) is 11.9. The Balaban J connectivity index is 2.06. The number of rotatable bonds is 7. The third-order valence-corrected chi connectivity index (χ3v) is 3.84. The molecular weight excluding hydrogens is 258 g/mol. The molecule has 0 radical (unpaired) electrons. The topological polar surface area (TPSA) is 67.8 Å². The lowest BCUT2D eigenvalue weighted by atomic mass is 9.94. The van der Waals surface area contributed by atoms with Gasteiger partial charge in [0.1, 0.15) is 12.4 Å². The van der Waals surface area contributed by atoms with Crippen molar-refractivity contribution in [2.24, 2.45) is 5.92 Å². The molecule has 1 aliphatic rings. The van der Waals surface area contributed by atoms with E-state index in [4.69, 9.17) is 14.6 Å². The number of aliphatic hydroxyl groups excluding tert-OH is 1. The maximum absolute atomic E-state index is 12.1. The van der Waals surface area contributed by atoms with Gasteiger partial charge in [0.2, 0.25) is 0 Å². The lowest BCUT2D eigenvalue weighted by Gasteiger charge is -2.30. The third kappa shape index (κ3) is 2.94. The molecule has 1 fully saturated rings. The Kier molecular flexibility index (Phi) is 4.62. The van der Waals surface area contributed by atoms with Crippen molar-refractivity contribution in [3.8, 4) is 5.75 Å². The predicted molar refractivity (Wildman–Crippen MR) is 74.4 cm³/mol. The van der Waals surface area contributed by atoms with Crippen molar-refractivity contribution < 1.29 is 19.4 Å². The highest BCUT2D eigenvalue weighted by Crippen LogP contribution is 2.40. The van der Waals surface area contributed by atoms with Crippen LogP contribution in [0.5, 0.6) is 5.75 Å². The van der Waals surface area contributed by atoms with E-state index in [0.29, 0.717) is 5.75 Å². The summed E-state index contributed by atoms with van der Waals surface area (Å²) < 4.78 is 10.7. The second-order valence-electron chi connectivity index (χ2n) is 5.08. The van der Waals surface area contributed by atoms with Gasteiger partial charge in [-0.15, -0.1) is 0 Å². The van der Waals surface area contributed by atoms with Crippen molar-refractivity contribution in [3.63, 3.8) is 0 Å². The molecule has 1 unspecified atom stereocenters. The second-order valence-corrected chi connectivity index (χ2v) is 5.08. The fraction of sp³-hybridized carbons (Fsp3) is 0.533. The number of hydrogen-bond donors (Lipinski definition) is 2. The van der Waals surface area contributed by atoms with Crippen LogP contribution in [0.2, 0.25) is 0 Å². The predicted octanol–water partition coefficient (Wildman–Crippen LogP) is 1.10. The maximum atomic E-state index is 12.1. The lowest BCUT2D eigenvalue weighted by Crippen LogP contribution is -2.57. The van der Waals surface area contributed by atoms with E-state index in [1.165, 1.54) is 7.11 Å². The van der Waals surface area contributed by atoms with E-state index in [-0.39, 0.29) is 25.1 Å². The molecule has 0 aromatic heterocycles. The van der Waals surface area contributed by atoms with Crippen LogP contribution in [0.4, 0.5) is 0 Å². The Hall–Kier alpha value is -1.59. The van der Waals surface area contributed by atoms with Crippen LogP contribution >= 0.6 is 0 Å². The van der Waals surface area contributed by atoms with Gasteiger partial charge >= 0.3 is 5.97 Å². The van der Waals surface area contributed by atoms with Gasteiger partial charge in [-0.25, -0.2) is 4.79 Å². The summed E-state index contributed by atoms with van der Waals surface area (Å²) in [4.78, 5) is 12.1. The fourth-order valence-corrected chi connectivity index (χ4v) is 2.37. The molecule has 1 aromatic rings. The summed E-state index contributed by atoms with van der Waals surface area (Å²) in [5, 5.41) is 12.1. The van der Waals surface area contributed by atoms with Crippen molar-refractivity contribution in [1.82, 2.24) is 5.32 Å². The Morgan fingerprint density at radius 2 is 2.05 bits per heavy atom. The van der Waals surface area contributed by atoms with Crippen LogP contribution in [0.15, 0.2) is 24.3 Å². The largest absolute Gasteiger partial charge is 0.491 e. The van der Waals surface area contributed by atoms with Crippen molar-refractivity contribution in [3.05, 3.63) is 29.8 Å². The van der Waals surface area contributed by atoms with E-state index < -0.39 is 5.54 Å². The van der Waals surface area contributed by atoms with Gasteiger partial charge in [0, 0.05) is 0 Å². The molecule has 2 rings (SSSR count). The highest BCUT2D eigenvalue weighted by Gasteiger charge is 2.51. The van der Waals surface area contributed by atoms with E-state index in [9.17, 15) is 4.79 Å². The normalized spacial score (nSPS) is 17.4. The van der Waals surface area contributed by atoms with E-state index >= 15 is 0 Å². The van der Waals surface area contributed by atoms with E-state index in [1.807, 2.05) is 0 Å². The first-order valence-electron chi connectivity index (χ1n) is 6.76. The summed E-state index contributed by atoms with van der Waals surface area (Å²) >= 11 is 0. The average molecular weight is 279 g/mol. The Labute approximate surface area is 118 Å². The van der Waals surface area contributed by atoms with Crippen LogP contribution in [-0.2, 0) is 16.1 Å². The second kappa shape index (κ2) is 6.24. The van der Waals surface area contributed by atoms with E-state index in [1.54, 1.807) is 31.3 Å². The van der Waals surface area contributed by atoms with E-state index in [0.717, 1.165) is 18.4 Å². The molecule has 1 atom stereocenters. The molecule has 5 heteroatoms. The minimum Gasteiger partial charge on any atom is -0.491 e. The number of methoxy groups -OCH3 is 1. The lowest BCUT2D eigenvalue weighted by molar-refractivity contribution is -0.151. The zero-order chi connectivity index (χ0) is 14.6. The molecular formula is C15H21NO4. The summed E-state index contributed by atoms with van der Waals surface area (Å²) in [6.07, 6.45) is 2.01. The number of benzene rings is 1. The van der Waals surface area contributed by atoms with Gasteiger partial charge in [-0.2, -0.15) is 0 Å². The smallest absolute Gasteiger partial charge is 0.329 e. The highest BCUT2D eigenvalue weighted by atomic mass is 16.5. The molecule has 0 amide bonds. The van der Waals surface area contributed by atoms with Crippen molar-refractivity contribution in [2.75, 3.05) is 20.8 Å². The molecule has 1 aliphatic carbocycles. The average Bonchev–Trinajstić information content (AvgIpc) is 3.33. The van der Waals surface area contributed by atoms with Gasteiger partial charge in [-0.05, 0) is 43.5 Å². The van der Waals surface area contributed by atoms with Crippen LogP contribution in [0.25, 0.3) is 0 Å². The quantitative estimate of drug-likeness (QED) is 0.732. The van der Waals surface area contributed by atoms with Gasteiger partial charge in [0.25, 0.3) is 0 Å². The fourth-order valence-electron chi connectivity index (χ4n) is 2.37. The maximum Gasteiger partial charge on any atom is 0.329 e. The number of ether oxygens (including phenoxy) is 2. The number of hydrogen-bond acceptors (Lipinski definition) is 5.